The molecule has 1 N–H and O–H groups in total. The van der Waals surface area contributed by atoms with Crippen LogP contribution in [-0.2, 0) is 14.8 Å². The normalized spacial score (nSPS) is 15.6. The molecule has 1 saturated heterocycles. The highest BCUT2D eigenvalue weighted by Crippen LogP contribution is 2.26. The Morgan fingerprint density at radius 2 is 1.85 bits per heavy atom. The van der Waals surface area contributed by atoms with Gasteiger partial charge in [0.25, 0.3) is 15.9 Å². The molecule has 3 aromatic rings. The number of morpholine rings is 1. The van der Waals surface area contributed by atoms with Crippen molar-refractivity contribution in [1.82, 2.24) is 10.2 Å². The molecule has 0 aliphatic carbocycles. The highest BCUT2D eigenvalue weighted by atomic mass is 32.2. The molecule has 7 nitrogen and oxygen atoms in total. The molecule has 0 unspecified atom stereocenters. The van der Waals surface area contributed by atoms with Gasteiger partial charge in [0.15, 0.2) is 0 Å². The van der Waals surface area contributed by atoms with Crippen molar-refractivity contribution in [2.24, 2.45) is 0 Å². The molecule has 1 amide bonds. The number of sulfonamides is 1. The SMILES string of the molecule is Cc1ccc(N(C)S(=O)(=O)c2cccc(C(=O)NC[C@H](c3cccs3)N3CCOCC3)c2)cc1. The van der Waals surface area contributed by atoms with Crippen molar-refractivity contribution in [1.29, 1.82) is 0 Å². The molecule has 0 radical (unpaired) electrons. The average Bonchev–Trinajstić information content (AvgIpc) is 3.39. The molecule has 1 aliphatic heterocycles. The van der Waals surface area contributed by atoms with E-state index in [1.54, 1.807) is 35.6 Å². The molecule has 2 aromatic carbocycles. The molecule has 9 heteroatoms. The van der Waals surface area contributed by atoms with Crippen molar-refractivity contribution >= 4 is 33.0 Å². The summed E-state index contributed by atoms with van der Waals surface area (Å²) in [5.74, 6) is -0.301. The predicted molar refractivity (Wildman–Crippen MR) is 135 cm³/mol. The largest absolute Gasteiger partial charge is 0.379 e. The number of nitrogens with one attached hydrogen (secondary N) is 1. The van der Waals surface area contributed by atoms with Crippen LogP contribution in [0.15, 0.2) is 70.9 Å². The van der Waals surface area contributed by atoms with Crippen molar-refractivity contribution in [3.8, 4) is 0 Å². The topological polar surface area (TPSA) is 79.0 Å². The maximum absolute atomic E-state index is 13.2. The van der Waals surface area contributed by atoms with E-state index in [0.717, 1.165) is 18.7 Å². The monoisotopic (exact) mass is 499 g/mol. The van der Waals surface area contributed by atoms with Crippen LogP contribution in [0.25, 0.3) is 0 Å². The van der Waals surface area contributed by atoms with E-state index in [1.807, 2.05) is 30.5 Å². The third kappa shape index (κ3) is 5.50. The molecule has 180 valence electrons. The van der Waals surface area contributed by atoms with Gasteiger partial charge >= 0.3 is 0 Å². The van der Waals surface area contributed by atoms with Gasteiger partial charge in [-0.15, -0.1) is 11.3 Å². The molecule has 0 spiro atoms. The lowest BCUT2D eigenvalue weighted by Crippen LogP contribution is -2.43. The van der Waals surface area contributed by atoms with Gasteiger partial charge in [0, 0.05) is 37.1 Å². The van der Waals surface area contributed by atoms with E-state index in [0.29, 0.717) is 31.0 Å². The molecule has 0 saturated carbocycles. The van der Waals surface area contributed by atoms with Crippen LogP contribution in [0.3, 0.4) is 0 Å². The van der Waals surface area contributed by atoms with Gasteiger partial charge in [0.1, 0.15) is 0 Å². The highest BCUT2D eigenvalue weighted by molar-refractivity contribution is 7.92. The summed E-state index contributed by atoms with van der Waals surface area (Å²) in [5, 5.41) is 5.04. The number of ether oxygens (including phenoxy) is 1. The Labute approximate surface area is 205 Å². The van der Waals surface area contributed by atoms with Crippen LogP contribution < -0.4 is 9.62 Å². The Hall–Kier alpha value is -2.72. The van der Waals surface area contributed by atoms with E-state index < -0.39 is 10.0 Å². The molecule has 1 aromatic heterocycles. The first-order valence-electron chi connectivity index (χ1n) is 11.2. The van der Waals surface area contributed by atoms with Gasteiger partial charge in [-0.3, -0.25) is 14.0 Å². The summed E-state index contributed by atoms with van der Waals surface area (Å²) in [4.78, 5) is 16.6. The number of hydrogen-bond donors (Lipinski definition) is 1. The number of benzene rings is 2. The summed E-state index contributed by atoms with van der Waals surface area (Å²) in [7, 11) is -2.30. The fourth-order valence-electron chi connectivity index (χ4n) is 3.92. The number of carbonyl (C=O) groups excluding carboxylic acids is 1. The number of thiophene rings is 1. The fraction of sp³-hybridized carbons (Fsp3) is 0.320. The molecule has 1 fully saturated rings. The molecule has 4 rings (SSSR count). The van der Waals surface area contributed by atoms with E-state index in [9.17, 15) is 13.2 Å². The van der Waals surface area contributed by atoms with E-state index in [1.165, 1.54) is 28.4 Å². The zero-order valence-corrected chi connectivity index (χ0v) is 20.9. The summed E-state index contributed by atoms with van der Waals surface area (Å²) in [6.45, 7) is 5.32. The first-order valence-corrected chi connectivity index (χ1v) is 13.5. The van der Waals surface area contributed by atoms with Gasteiger partial charge in [0.05, 0.1) is 29.8 Å². The quantitative estimate of drug-likeness (QED) is 0.512. The Kier molecular flexibility index (Phi) is 7.67. The van der Waals surface area contributed by atoms with Gasteiger partial charge in [-0.25, -0.2) is 8.42 Å². The molecular formula is C25H29N3O4S2. The van der Waals surface area contributed by atoms with Crippen LogP contribution in [0.2, 0.25) is 0 Å². The van der Waals surface area contributed by atoms with Crippen molar-refractivity contribution in [2.45, 2.75) is 17.9 Å². The number of hydrogen-bond acceptors (Lipinski definition) is 6. The third-order valence-electron chi connectivity index (χ3n) is 5.97. The standard InChI is InChI=1S/C25H29N3O4S2/c1-19-8-10-21(11-9-19)27(2)34(30,31)22-6-3-5-20(17-22)25(29)26-18-23(24-7-4-16-33-24)28-12-14-32-15-13-28/h3-11,16-17,23H,12-15,18H2,1-2H3,(H,26,29)/t23-/m1/s1. The third-order valence-corrected chi connectivity index (χ3v) is 8.72. The van der Waals surface area contributed by atoms with E-state index in [4.69, 9.17) is 4.74 Å². The number of carbonyl (C=O) groups is 1. The van der Waals surface area contributed by atoms with Crippen molar-refractivity contribution in [2.75, 3.05) is 44.2 Å². The molecular weight excluding hydrogens is 470 g/mol. The van der Waals surface area contributed by atoms with Gasteiger partial charge in [-0.2, -0.15) is 0 Å². The van der Waals surface area contributed by atoms with Crippen LogP contribution in [0.5, 0.6) is 0 Å². The number of nitrogens with zero attached hydrogens (tertiary/aromatic N) is 2. The van der Waals surface area contributed by atoms with Crippen LogP contribution in [0.4, 0.5) is 5.69 Å². The lowest BCUT2D eigenvalue weighted by Gasteiger charge is -2.34. The lowest BCUT2D eigenvalue weighted by molar-refractivity contribution is 0.0169. The van der Waals surface area contributed by atoms with Crippen LogP contribution in [0, 0.1) is 6.92 Å². The zero-order chi connectivity index (χ0) is 24.1. The predicted octanol–water partition coefficient (Wildman–Crippen LogP) is 3.68. The molecule has 1 atom stereocenters. The maximum Gasteiger partial charge on any atom is 0.264 e. The van der Waals surface area contributed by atoms with Crippen molar-refractivity contribution < 1.29 is 17.9 Å². The summed E-state index contributed by atoms with van der Waals surface area (Å²) < 4.78 is 33.1. The van der Waals surface area contributed by atoms with Crippen LogP contribution >= 0.6 is 11.3 Å². The Morgan fingerprint density at radius 1 is 1.12 bits per heavy atom. The van der Waals surface area contributed by atoms with Gasteiger partial charge < -0.3 is 10.1 Å². The van der Waals surface area contributed by atoms with Crippen molar-refractivity contribution in [3.05, 3.63) is 82.0 Å². The summed E-state index contributed by atoms with van der Waals surface area (Å²) >= 11 is 1.66. The maximum atomic E-state index is 13.2. The second-order valence-electron chi connectivity index (χ2n) is 8.23. The number of anilines is 1. The first-order chi connectivity index (χ1) is 16.4. The van der Waals surface area contributed by atoms with Crippen LogP contribution in [0.1, 0.15) is 26.8 Å². The Morgan fingerprint density at radius 3 is 2.53 bits per heavy atom. The van der Waals surface area contributed by atoms with E-state index in [2.05, 4.69) is 16.3 Å². The first kappa shape index (κ1) is 24.4. The molecule has 34 heavy (non-hydrogen) atoms. The average molecular weight is 500 g/mol. The second kappa shape index (κ2) is 10.7. The highest BCUT2D eigenvalue weighted by Gasteiger charge is 2.25. The smallest absolute Gasteiger partial charge is 0.264 e. The minimum absolute atomic E-state index is 0.0486. The van der Waals surface area contributed by atoms with Gasteiger partial charge in [0.2, 0.25) is 0 Å². The minimum atomic E-state index is -3.81. The number of amides is 1. The van der Waals surface area contributed by atoms with Crippen molar-refractivity contribution in [3.63, 3.8) is 0 Å². The molecule has 2 heterocycles. The van der Waals surface area contributed by atoms with Gasteiger partial charge in [-0.1, -0.05) is 29.8 Å². The van der Waals surface area contributed by atoms with Gasteiger partial charge in [-0.05, 0) is 48.7 Å². The van der Waals surface area contributed by atoms with E-state index >= 15 is 0 Å². The summed E-state index contributed by atoms with van der Waals surface area (Å²) in [5.41, 5.74) is 1.92. The van der Waals surface area contributed by atoms with Crippen LogP contribution in [-0.4, -0.2) is 59.1 Å². The Balaban J connectivity index is 1.49. The fourth-order valence-corrected chi connectivity index (χ4v) is 6.02. The zero-order valence-electron chi connectivity index (χ0n) is 19.3. The number of rotatable bonds is 8. The number of aryl methyl sites for hydroxylation is 1. The Bertz CT molecular complexity index is 1210. The summed E-state index contributed by atoms with van der Waals surface area (Å²) in [6.07, 6.45) is 0. The van der Waals surface area contributed by atoms with E-state index in [-0.39, 0.29) is 16.8 Å². The minimum Gasteiger partial charge on any atom is -0.379 e. The second-order valence-corrected chi connectivity index (χ2v) is 11.2. The molecule has 1 aliphatic rings. The summed E-state index contributed by atoms with van der Waals surface area (Å²) in [6, 6.07) is 17.6. The lowest BCUT2D eigenvalue weighted by atomic mass is 10.1. The molecule has 0 bridgehead atoms.